The van der Waals surface area contributed by atoms with Crippen LogP contribution < -0.4 is 21.3 Å². The lowest BCUT2D eigenvalue weighted by molar-refractivity contribution is -0.132. The standard InChI is InChI=1S/C35H42N8O6.CH2O2/c1-24-32(44)39-30(18-26-11-7-4-8-12-26)34(46)40-29(17-25-9-5-3-6-10-25)33(45)37-13-14-42(21-27-20-36-23-43(27)15-16-48-2)22-28-19-31(41-49-28)35(47)38-24;2-1-3/h3-12,19-20,23-24,29-30H,13-18,21-22H2,1-2H3,(H,37,45)(H,38,47)(H,39,44)(H,40,46);1H,(H,2,3)/t24-,29+,30-;/m0./s1. The first kappa shape index (κ1) is 38.9. The number of fused-ring (bicyclic) bond motifs is 2. The van der Waals surface area contributed by atoms with E-state index in [4.69, 9.17) is 19.2 Å². The Morgan fingerprint density at radius 1 is 0.923 bits per heavy atom. The molecule has 0 saturated carbocycles. The Kier molecular flexibility index (Phi) is 15.0. The van der Waals surface area contributed by atoms with Crippen molar-refractivity contribution < 1.29 is 38.3 Å². The van der Waals surface area contributed by atoms with E-state index in [1.54, 1.807) is 19.6 Å². The molecule has 1 aliphatic rings. The summed E-state index contributed by atoms with van der Waals surface area (Å²) in [5, 5.41) is 22.1. The summed E-state index contributed by atoms with van der Waals surface area (Å²) in [7, 11) is 1.63. The summed E-state index contributed by atoms with van der Waals surface area (Å²) in [6.45, 7) is 3.76. The average molecular weight is 717 g/mol. The molecule has 1 aliphatic heterocycles. The van der Waals surface area contributed by atoms with E-state index in [-0.39, 0.29) is 44.0 Å². The van der Waals surface area contributed by atoms with Crippen LogP contribution in [0, 0.1) is 0 Å². The number of ether oxygens (including phenoxy) is 1. The van der Waals surface area contributed by atoms with Crippen LogP contribution in [0.4, 0.5) is 0 Å². The van der Waals surface area contributed by atoms with Gasteiger partial charge in [-0.05, 0) is 18.1 Å². The molecule has 0 fully saturated rings. The van der Waals surface area contributed by atoms with Gasteiger partial charge in [-0.1, -0.05) is 65.8 Å². The Bertz CT molecular complexity index is 1750. The van der Waals surface area contributed by atoms with E-state index in [2.05, 4.69) is 31.4 Å². The first-order chi connectivity index (χ1) is 25.2. The molecule has 0 radical (unpaired) electrons. The molecule has 0 aliphatic carbocycles. The van der Waals surface area contributed by atoms with Crippen molar-refractivity contribution in [1.29, 1.82) is 0 Å². The molecule has 2 bridgehead atoms. The predicted octanol–water partition coefficient (Wildman–Crippen LogP) is 0.924. The second-order valence-corrected chi connectivity index (χ2v) is 12.1. The summed E-state index contributed by atoms with van der Waals surface area (Å²) >= 11 is 0. The third-order valence-electron chi connectivity index (χ3n) is 8.19. The number of nitrogens with one attached hydrogen (secondary N) is 4. The Morgan fingerprint density at radius 3 is 2.17 bits per heavy atom. The molecular weight excluding hydrogens is 672 g/mol. The van der Waals surface area contributed by atoms with Gasteiger partial charge in [-0.2, -0.15) is 0 Å². The van der Waals surface area contributed by atoms with Gasteiger partial charge in [-0.15, -0.1) is 0 Å². The number of rotatable bonds is 9. The zero-order chi connectivity index (χ0) is 37.3. The first-order valence-electron chi connectivity index (χ1n) is 16.7. The van der Waals surface area contributed by atoms with E-state index in [1.807, 2.05) is 70.1 Å². The zero-order valence-electron chi connectivity index (χ0n) is 29.1. The van der Waals surface area contributed by atoms with Gasteiger partial charge in [0.2, 0.25) is 17.7 Å². The highest BCUT2D eigenvalue weighted by Crippen LogP contribution is 2.13. The van der Waals surface area contributed by atoms with Crippen LogP contribution in [0.3, 0.4) is 0 Å². The van der Waals surface area contributed by atoms with E-state index in [0.29, 0.717) is 32.0 Å². The predicted molar refractivity (Wildman–Crippen MR) is 188 cm³/mol. The molecule has 4 amide bonds. The van der Waals surface area contributed by atoms with E-state index >= 15 is 0 Å². The van der Waals surface area contributed by atoms with Crippen LogP contribution in [0.5, 0.6) is 0 Å². The van der Waals surface area contributed by atoms with Gasteiger partial charge >= 0.3 is 0 Å². The summed E-state index contributed by atoms with van der Waals surface area (Å²) in [5.74, 6) is -1.64. The van der Waals surface area contributed by atoms with Crippen molar-refractivity contribution in [3.63, 3.8) is 0 Å². The third-order valence-corrected chi connectivity index (χ3v) is 8.19. The molecule has 3 heterocycles. The Labute approximate surface area is 300 Å². The molecule has 0 unspecified atom stereocenters. The van der Waals surface area contributed by atoms with Gasteiger partial charge in [0.05, 0.1) is 25.2 Å². The number of imidazole rings is 1. The maximum atomic E-state index is 13.9. The summed E-state index contributed by atoms with van der Waals surface area (Å²) in [6, 6.07) is 17.2. The van der Waals surface area contributed by atoms with Gasteiger partial charge in [0.25, 0.3) is 12.4 Å². The Morgan fingerprint density at radius 2 is 1.54 bits per heavy atom. The van der Waals surface area contributed by atoms with Crippen molar-refractivity contribution in [1.82, 2.24) is 40.9 Å². The van der Waals surface area contributed by atoms with E-state index in [1.165, 1.54) is 13.0 Å². The van der Waals surface area contributed by atoms with Crippen molar-refractivity contribution in [2.75, 3.05) is 26.8 Å². The number of aromatic nitrogens is 3. The van der Waals surface area contributed by atoms with Crippen molar-refractivity contribution in [2.45, 2.75) is 57.5 Å². The third kappa shape index (κ3) is 11.9. The SMILES string of the molecule is COCCn1cncc1CN1CCNC(=O)[C@@H](Cc2ccccc2)NC(=O)[C@H](Cc2ccccc2)NC(=O)[C@H](C)NC(=O)c2cc(on2)C1.O=CO. The topological polar surface area (TPSA) is 210 Å². The van der Waals surface area contributed by atoms with E-state index in [0.717, 1.165) is 16.8 Å². The smallest absolute Gasteiger partial charge is 0.290 e. The zero-order valence-corrected chi connectivity index (χ0v) is 29.1. The van der Waals surface area contributed by atoms with Gasteiger partial charge < -0.3 is 40.2 Å². The van der Waals surface area contributed by atoms with Gasteiger partial charge in [-0.25, -0.2) is 4.98 Å². The molecule has 0 spiro atoms. The van der Waals surface area contributed by atoms with Crippen LogP contribution in [-0.2, 0) is 56.4 Å². The molecule has 276 valence electrons. The van der Waals surface area contributed by atoms with Gasteiger partial charge in [0.1, 0.15) is 18.1 Å². The molecule has 5 rings (SSSR count). The van der Waals surface area contributed by atoms with Crippen LogP contribution in [-0.4, -0.2) is 99.7 Å². The number of carbonyl (C=O) groups excluding carboxylic acids is 4. The minimum atomic E-state index is -1.03. The van der Waals surface area contributed by atoms with Gasteiger partial charge in [0, 0.05) is 58.4 Å². The molecule has 52 heavy (non-hydrogen) atoms. The fourth-order valence-corrected chi connectivity index (χ4v) is 5.51. The van der Waals surface area contributed by atoms with Crippen LogP contribution in [0.2, 0.25) is 0 Å². The van der Waals surface area contributed by atoms with Crippen LogP contribution >= 0.6 is 0 Å². The molecule has 4 aromatic rings. The minimum absolute atomic E-state index is 0.0106. The van der Waals surface area contributed by atoms with Crippen molar-refractivity contribution in [3.8, 4) is 0 Å². The van der Waals surface area contributed by atoms with Crippen LogP contribution in [0.25, 0.3) is 0 Å². The maximum absolute atomic E-state index is 13.9. The molecule has 2 aromatic heterocycles. The maximum Gasteiger partial charge on any atom is 0.290 e. The second kappa shape index (κ2) is 20.1. The number of hydrogen-bond acceptors (Lipinski definition) is 10. The highest BCUT2D eigenvalue weighted by Gasteiger charge is 2.30. The summed E-state index contributed by atoms with van der Waals surface area (Å²) in [4.78, 5) is 68.7. The average Bonchev–Trinajstić information content (AvgIpc) is 3.80. The molecule has 0 saturated heterocycles. The molecule has 5 N–H and O–H groups in total. The second-order valence-electron chi connectivity index (χ2n) is 12.1. The number of nitrogens with zero attached hydrogens (tertiary/aromatic N) is 4. The quantitative estimate of drug-likeness (QED) is 0.154. The molecule has 16 heteroatoms. The fraction of sp³-hybridized carbons (Fsp3) is 0.361. The summed E-state index contributed by atoms with van der Waals surface area (Å²) < 4.78 is 12.7. The number of carboxylic acid groups (broad SMARTS) is 1. The lowest BCUT2D eigenvalue weighted by Gasteiger charge is -2.26. The first-order valence-corrected chi connectivity index (χ1v) is 16.7. The minimum Gasteiger partial charge on any atom is -0.483 e. The van der Waals surface area contributed by atoms with Gasteiger partial charge in [0.15, 0.2) is 11.5 Å². The molecular formula is C36H44N8O8. The fourth-order valence-electron chi connectivity index (χ4n) is 5.51. The van der Waals surface area contributed by atoms with E-state index in [9.17, 15) is 19.2 Å². The van der Waals surface area contributed by atoms with Crippen LogP contribution in [0.1, 0.15) is 40.0 Å². The molecule has 3 atom stereocenters. The lowest BCUT2D eigenvalue weighted by Crippen LogP contribution is -2.57. The summed E-state index contributed by atoms with van der Waals surface area (Å²) in [6.07, 6.45) is 3.90. The number of amides is 4. The van der Waals surface area contributed by atoms with Crippen molar-refractivity contribution in [3.05, 3.63) is 108 Å². The highest BCUT2D eigenvalue weighted by molar-refractivity contribution is 5.97. The lowest BCUT2D eigenvalue weighted by atomic mass is 10.0. The van der Waals surface area contributed by atoms with Gasteiger partial charge in [-0.3, -0.25) is 28.9 Å². The monoisotopic (exact) mass is 716 g/mol. The summed E-state index contributed by atoms with van der Waals surface area (Å²) in [5.41, 5.74) is 2.60. The van der Waals surface area contributed by atoms with Crippen molar-refractivity contribution >= 4 is 30.1 Å². The largest absolute Gasteiger partial charge is 0.483 e. The number of benzene rings is 2. The highest BCUT2D eigenvalue weighted by atomic mass is 16.5. The molecule has 2 aromatic carbocycles. The normalized spacial score (nSPS) is 19.1. The van der Waals surface area contributed by atoms with Crippen LogP contribution in [0.15, 0.2) is 83.8 Å². The number of methoxy groups -OCH3 is 1. The van der Waals surface area contributed by atoms with Crippen molar-refractivity contribution in [2.24, 2.45) is 0 Å². The Hall–Kier alpha value is -5.87. The number of carbonyl (C=O) groups is 5. The number of hydrogen-bond donors (Lipinski definition) is 5. The Balaban J connectivity index is 0.00000195. The molecule has 16 nitrogen and oxygen atoms in total. The van der Waals surface area contributed by atoms with E-state index < -0.39 is 35.8 Å².